The molecule has 1 saturated carbocycles. The molecule has 0 spiro atoms. The van der Waals surface area contributed by atoms with Crippen LogP contribution >= 0.6 is 0 Å². The van der Waals surface area contributed by atoms with E-state index in [-0.39, 0.29) is 24.0 Å². The lowest BCUT2D eigenvalue weighted by atomic mass is 9.96. The number of rotatable bonds is 13. The number of nitrogens with zero attached hydrogens (tertiary/aromatic N) is 3. The lowest BCUT2D eigenvalue weighted by molar-refractivity contribution is -0.141. The van der Waals surface area contributed by atoms with E-state index in [1.807, 2.05) is 38.2 Å². The van der Waals surface area contributed by atoms with E-state index in [2.05, 4.69) is 35.0 Å². The number of esters is 1. The minimum absolute atomic E-state index is 0.0536. The highest BCUT2D eigenvalue weighted by molar-refractivity contribution is 5.94. The second-order valence-electron chi connectivity index (χ2n) is 11.4. The summed E-state index contributed by atoms with van der Waals surface area (Å²) in [7, 11) is 3.25. The number of carbonyl (C=O) groups is 2. The van der Waals surface area contributed by atoms with Gasteiger partial charge in [0.25, 0.3) is 0 Å². The standard InChI is InChI=1S/C33H46N4O4/c1-5-6-12-31-35-29-22-27(36(3)33(39)34-26-10-8-7-9-11-26)15-18-30(29)37(31)23-25-13-16-28(17-14-25)41-20-19-24(2)21-32(38)40-4/h13-18,22,24,26H,5-12,19-21,23H2,1-4H3,(H,34,39). The molecule has 41 heavy (non-hydrogen) atoms. The number of methoxy groups -OCH3 is 1. The maximum absolute atomic E-state index is 12.9. The summed E-state index contributed by atoms with van der Waals surface area (Å²) < 4.78 is 13.0. The quantitative estimate of drug-likeness (QED) is 0.230. The normalized spacial score (nSPS) is 14.5. The Hall–Kier alpha value is -3.55. The lowest BCUT2D eigenvalue weighted by Crippen LogP contribution is -2.43. The maximum atomic E-state index is 12.9. The molecule has 4 rings (SSSR count). The van der Waals surface area contributed by atoms with Gasteiger partial charge in [-0.25, -0.2) is 9.78 Å². The van der Waals surface area contributed by atoms with Crippen LogP contribution in [-0.2, 0) is 22.5 Å². The zero-order valence-corrected chi connectivity index (χ0v) is 25.2. The van der Waals surface area contributed by atoms with Crippen molar-refractivity contribution in [2.75, 3.05) is 25.7 Å². The van der Waals surface area contributed by atoms with Crippen molar-refractivity contribution < 1.29 is 19.1 Å². The summed E-state index contributed by atoms with van der Waals surface area (Å²) in [6.07, 6.45) is 10.0. The van der Waals surface area contributed by atoms with Crippen LogP contribution in [0.5, 0.6) is 5.75 Å². The number of hydrogen-bond acceptors (Lipinski definition) is 5. The summed E-state index contributed by atoms with van der Waals surface area (Å²) in [6.45, 7) is 5.49. The second kappa shape index (κ2) is 14.9. The number of benzene rings is 2. The molecule has 0 bridgehead atoms. The topological polar surface area (TPSA) is 85.7 Å². The first-order valence-electron chi connectivity index (χ1n) is 15.2. The highest BCUT2D eigenvalue weighted by Crippen LogP contribution is 2.26. The highest BCUT2D eigenvalue weighted by atomic mass is 16.5. The molecule has 8 heteroatoms. The van der Waals surface area contributed by atoms with Gasteiger partial charge in [-0.15, -0.1) is 0 Å². The number of aromatic nitrogens is 2. The van der Waals surface area contributed by atoms with E-state index >= 15 is 0 Å². The van der Waals surface area contributed by atoms with Crippen LogP contribution in [0.15, 0.2) is 42.5 Å². The van der Waals surface area contributed by atoms with Crippen molar-refractivity contribution in [2.24, 2.45) is 5.92 Å². The minimum Gasteiger partial charge on any atom is -0.494 e. The second-order valence-corrected chi connectivity index (χ2v) is 11.4. The van der Waals surface area contributed by atoms with Crippen LogP contribution in [0.1, 0.15) is 83.0 Å². The molecule has 0 saturated heterocycles. The van der Waals surface area contributed by atoms with Gasteiger partial charge in [-0.2, -0.15) is 0 Å². The van der Waals surface area contributed by atoms with Gasteiger partial charge in [-0.1, -0.05) is 51.7 Å². The third-order valence-corrected chi connectivity index (χ3v) is 8.08. The molecule has 222 valence electrons. The van der Waals surface area contributed by atoms with E-state index in [1.165, 1.54) is 31.9 Å². The van der Waals surface area contributed by atoms with Gasteiger partial charge in [0.05, 0.1) is 24.8 Å². The SMILES string of the molecule is CCCCc1nc2cc(N(C)C(=O)NC3CCCCC3)ccc2n1Cc1ccc(OCCC(C)CC(=O)OC)cc1. The Balaban J connectivity index is 1.43. The molecule has 1 unspecified atom stereocenters. The summed E-state index contributed by atoms with van der Waals surface area (Å²) in [5.74, 6) is 1.91. The average molecular weight is 563 g/mol. The predicted molar refractivity (Wildman–Crippen MR) is 164 cm³/mol. The van der Waals surface area contributed by atoms with E-state index in [4.69, 9.17) is 14.5 Å². The first-order chi connectivity index (χ1) is 19.9. The monoisotopic (exact) mass is 562 g/mol. The largest absolute Gasteiger partial charge is 0.494 e. The molecule has 1 aliphatic rings. The Kier molecular flexibility index (Phi) is 11.0. The Morgan fingerprint density at radius 1 is 1.12 bits per heavy atom. The van der Waals surface area contributed by atoms with Crippen molar-refractivity contribution in [3.05, 3.63) is 53.9 Å². The fourth-order valence-electron chi connectivity index (χ4n) is 5.44. The van der Waals surface area contributed by atoms with Gasteiger partial charge in [0.1, 0.15) is 11.6 Å². The van der Waals surface area contributed by atoms with E-state index in [0.29, 0.717) is 19.6 Å². The Morgan fingerprint density at radius 3 is 2.59 bits per heavy atom. The zero-order valence-electron chi connectivity index (χ0n) is 25.2. The average Bonchev–Trinajstić information content (AvgIpc) is 3.32. The first kappa shape index (κ1) is 30.4. The van der Waals surface area contributed by atoms with Crippen molar-refractivity contribution in [3.63, 3.8) is 0 Å². The number of hydrogen-bond donors (Lipinski definition) is 1. The van der Waals surface area contributed by atoms with Gasteiger partial charge in [0, 0.05) is 38.2 Å². The van der Waals surface area contributed by atoms with E-state index in [9.17, 15) is 9.59 Å². The number of aryl methyl sites for hydroxylation is 1. The summed E-state index contributed by atoms with van der Waals surface area (Å²) in [4.78, 5) is 31.1. The molecule has 1 fully saturated rings. The summed E-state index contributed by atoms with van der Waals surface area (Å²) in [5.41, 5.74) is 3.99. The van der Waals surface area contributed by atoms with E-state index < -0.39 is 0 Å². The molecule has 1 atom stereocenters. The van der Waals surface area contributed by atoms with Gasteiger partial charge in [0.2, 0.25) is 0 Å². The van der Waals surface area contributed by atoms with Crippen molar-refractivity contribution in [1.29, 1.82) is 0 Å². The number of amides is 2. The smallest absolute Gasteiger partial charge is 0.321 e. The molecule has 0 aliphatic heterocycles. The van der Waals surface area contributed by atoms with Crippen LogP contribution in [0.3, 0.4) is 0 Å². The first-order valence-corrected chi connectivity index (χ1v) is 15.2. The number of fused-ring (bicyclic) bond motifs is 1. The number of carbonyl (C=O) groups excluding carboxylic acids is 2. The fourth-order valence-corrected chi connectivity index (χ4v) is 5.44. The summed E-state index contributed by atoms with van der Waals surface area (Å²) in [6, 6.07) is 14.6. The van der Waals surface area contributed by atoms with Crippen LogP contribution < -0.4 is 15.0 Å². The summed E-state index contributed by atoms with van der Waals surface area (Å²) in [5, 5.41) is 3.21. The maximum Gasteiger partial charge on any atom is 0.321 e. The third-order valence-electron chi connectivity index (χ3n) is 8.08. The fraction of sp³-hybridized carbons (Fsp3) is 0.545. The lowest BCUT2D eigenvalue weighted by Gasteiger charge is -2.26. The molecular formula is C33H46N4O4. The van der Waals surface area contributed by atoms with Crippen molar-refractivity contribution in [2.45, 2.75) is 90.6 Å². The molecule has 2 aromatic carbocycles. The third kappa shape index (κ3) is 8.47. The van der Waals surface area contributed by atoms with Crippen LogP contribution in [0.2, 0.25) is 0 Å². The predicted octanol–water partition coefficient (Wildman–Crippen LogP) is 6.87. The molecule has 1 heterocycles. The van der Waals surface area contributed by atoms with Gasteiger partial charge >= 0.3 is 12.0 Å². The number of imidazole rings is 1. The number of ether oxygens (including phenoxy) is 2. The van der Waals surface area contributed by atoms with Gasteiger partial charge in [0.15, 0.2) is 0 Å². The van der Waals surface area contributed by atoms with Gasteiger partial charge in [-0.05, 0) is 67.5 Å². The number of urea groups is 1. The van der Waals surface area contributed by atoms with Crippen molar-refractivity contribution >= 4 is 28.7 Å². The Morgan fingerprint density at radius 2 is 1.88 bits per heavy atom. The molecule has 8 nitrogen and oxygen atoms in total. The van der Waals surface area contributed by atoms with Crippen molar-refractivity contribution in [3.8, 4) is 5.75 Å². The number of unbranched alkanes of at least 4 members (excludes halogenated alkanes) is 1. The molecule has 0 radical (unpaired) electrons. The van der Waals surface area contributed by atoms with Crippen LogP contribution in [0.4, 0.5) is 10.5 Å². The molecule has 1 N–H and O–H groups in total. The molecule has 3 aromatic rings. The van der Waals surface area contributed by atoms with Gasteiger partial charge < -0.3 is 19.4 Å². The van der Waals surface area contributed by atoms with E-state index in [0.717, 1.165) is 66.8 Å². The molecule has 1 aromatic heterocycles. The minimum atomic E-state index is -0.185. The molecule has 2 amide bonds. The Labute approximate surface area is 244 Å². The molecule has 1 aliphatic carbocycles. The van der Waals surface area contributed by atoms with E-state index in [1.54, 1.807) is 4.90 Å². The van der Waals surface area contributed by atoms with Crippen LogP contribution in [-0.4, -0.2) is 48.4 Å². The van der Waals surface area contributed by atoms with Crippen molar-refractivity contribution in [1.82, 2.24) is 14.9 Å². The van der Waals surface area contributed by atoms with Crippen LogP contribution in [0, 0.1) is 5.92 Å². The Bertz CT molecular complexity index is 1280. The van der Waals surface area contributed by atoms with Gasteiger partial charge in [-0.3, -0.25) is 9.69 Å². The number of anilines is 1. The van der Waals surface area contributed by atoms with Crippen LogP contribution in [0.25, 0.3) is 11.0 Å². The molecular weight excluding hydrogens is 516 g/mol. The highest BCUT2D eigenvalue weighted by Gasteiger charge is 2.20. The zero-order chi connectivity index (χ0) is 29.2. The number of nitrogens with one attached hydrogen (secondary N) is 1. The summed E-state index contributed by atoms with van der Waals surface area (Å²) >= 11 is 0.